The van der Waals surface area contributed by atoms with Gasteiger partial charge in [0.2, 0.25) is 0 Å². The van der Waals surface area contributed by atoms with Crippen molar-refractivity contribution in [3.05, 3.63) is 16.7 Å². The van der Waals surface area contributed by atoms with Crippen molar-refractivity contribution in [1.29, 1.82) is 0 Å². The molecule has 0 aliphatic rings. The zero-order valence-corrected chi connectivity index (χ0v) is 9.21. The van der Waals surface area contributed by atoms with Gasteiger partial charge in [-0.25, -0.2) is 4.98 Å². The number of nitrogens with one attached hydrogen (secondary N) is 2. The molecule has 1 aromatic rings. The fraction of sp³-hybridized carbons (Fsp3) is 0.600. The molecule has 5 heteroatoms. The summed E-state index contributed by atoms with van der Waals surface area (Å²) >= 11 is 0. The van der Waals surface area contributed by atoms with Crippen LogP contribution in [0.5, 0.6) is 0 Å². The Labute approximate surface area is 89.1 Å². The highest BCUT2D eigenvalue weighted by Crippen LogP contribution is 2.11. The second-order valence-electron chi connectivity index (χ2n) is 3.56. The first-order valence-electron chi connectivity index (χ1n) is 5.26. The summed E-state index contributed by atoms with van der Waals surface area (Å²) in [6.07, 6.45) is 3.56. The first-order valence-corrected chi connectivity index (χ1v) is 5.26. The van der Waals surface area contributed by atoms with E-state index in [0.717, 1.165) is 19.4 Å². The summed E-state index contributed by atoms with van der Waals surface area (Å²) in [6, 6.07) is 0. The Balaban J connectivity index is 2.65. The van der Waals surface area contributed by atoms with Crippen LogP contribution in [0.1, 0.15) is 26.7 Å². The molecular formula is C10H18N4O. The van der Waals surface area contributed by atoms with E-state index in [1.807, 2.05) is 0 Å². The Bertz CT molecular complexity index is 357. The van der Waals surface area contributed by atoms with E-state index in [1.165, 1.54) is 6.33 Å². The highest BCUT2D eigenvalue weighted by molar-refractivity contribution is 5.58. The Morgan fingerprint density at radius 3 is 2.80 bits per heavy atom. The fourth-order valence-electron chi connectivity index (χ4n) is 1.37. The molecule has 1 rings (SSSR count). The third kappa shape index (κ3) is 2.97. The van der Waals surface area contributed by atoms with Gasteiger partial charge in [-0.3, -0.25) is 4.79 Å². The maximum Gasteiger partial charge on any atom is 0.276 e. The van der Waals surface area contributed by atoms with Gasteiger partial charge in [-0.2, -0.15) is 0 Å². The quantitative estimate of drug-likeness (QED) is 0.681. The molecule has 0 bridgehead atoms. The van der Waals surface area contributed by atoms with Crippen molar-refractivity contribution in [1.82, 2.24) is 9.97 Å². The van der Waals surface area contributed by atoms with Crippen molar-refractivity contribution in [2.24, 2.45) is 5.92 Å². The van der Waals surface area contributed by atoms with E-state index >= 15 is 0 Å². The molecule has 5 nitrogen and oxygen atoms in total. The van der Waals surface area contributed by atoms with Gasteiger partial charge < -0.3 is 16.0 Å². The molecule has 0 fully saturated rings. The van der Waals surface area contributed by atoms with Gasteiger partial charge in [0.25, 0.3) is 5.56 Å². The van der Waals surface area contributed by atoms with E-state index < -0.39 is 0 Å². The van der Waals surface area contributed by atoms with Crippen molar-refractivity contribution in [3.63, 3.8) is 0 Å². The molecule has 0 aliphatic heterocycles. The molecule has 0 amide bonds. The number of aromatic amines is 1. The summed E-state index contributed by atoms with van der Waals surface area (Å²) in [6.45, 7) is 5.09. The minimum Gasteiger partial charge on any atom is -0.391 e. The van der Waals surface area contributed by atoms with Gasteiger partial charge in [-0.15, -0.1) is 0 Å². The molecule has 0 unspecified atom stereocenters. The van der Waals surface area contributed by atoms with E-state index in [0.29, 0.717) is 11.7 Å². The normalized spacial score (nSPS) is 10.6. The number of hydrogen-bond donors (Lipinski definition) is 3. The minimum absolute atomic E-state index is 0.156. The van der Waals surface area contributed by atoms with Crippen LogP contribution in [0.4, 0.5) is 11.5 Å². The van der Waals surface area contributed by atoms with Crippen LogP contribution < -0.4 is 16.6 Å². The number of hydrogen-bond acceptors (Lipinski definition) is 4. The molecule has 1 heterocycles. The van der Waals surface area contributed by atoms with E-state index in [9.17, 15) is 4.79 Å². The number of aromatic nitrogens is 2. The molecule has 15 heavy (non-hydrogen) atoms. The second kappa shape index (κ2) is 5.38. The summed E-state index contributed by atoms with van der Waals surface area (Å²) in [5, 5.41) is 3.10. The van der Waals surface area contributed by atoms with Crippen molar-refractivity contribution < 1.29 is 0 Å². The SMILES string of the molecule is CCC(CC)CNc1nc[nH]c(=O)c1N. The lowest BCUT2D eigenvalue weighted by Gasteiger charge is -2.14. The molecule has 0 aromatic carbocycles. The van der Waals surface area contributed by atoms with Crippen LogP contribution in [0.2, 0.25) is 0 Å². The third-order valence-electron chi connectivity index (χ3n) is 2.60. The van der Waals surface area contributed by atoms with Crippen LogP contribution in [-0.2, 0) is 0 Å². The van der Waals surface area contributed by atoms with Crippen molar-refractivity contribution in [3.8, 4) is 0 Å². The Morgan fingerprint density at radius 1 is 1.53 bits per heavy atom. The number of H-pyrrole nitrogens is 1. The van der Waals surface area contributed by atoms with Crippen molar-refractivity contribution in [2.45, 2.75) is 26.7 Å². The average molecular weight is 210 g/mol. The van der Waals surface area contributed by atoms with Gasteiger partial charge in [0, 0.05) is 6.54 Å². The molecule has 0 saturated carbocycles. The first kappa shape index (κ1) is 11.6. The predicted molar refractivity (Wildman–Crippen MR) is 61.8 cm³/mol. The molecule has 0 atom stereocenters. The summed E-state index contributed by atoms with van der Waals surface area (Å²) in [5.41, 5.74) is 5.44. The Morgan fingerprint density at radius 2 is 2.20 bits per heavy atom. The number of nitrogens with zero attached hydrogens (tertiary/aromatic N) is 1. The predicted octanol–water partition coefficient (Wildman–Crippen LogP) is 1.20. The molecule has 0 aliphatic carbocycles. The Kier molecular flexibility index (Phi) is 4.15. The highest BCUT2D eigenvalue weighted by atomic mass is 16.1. The topological polar surface area (TPSA) is 83.8 Å². The monoisotopic (exact) mass is 210 g/mol. The molecular weight excluding hydrogens is 192 g/mol. The lowest BCUT2D eigenvalue weighted by atomic mass is 10.0. The maximum atomic E-state index is 11.2. The summed E-state index contributed by atoms with van der Waals surface area (Å²) in [7, 11) is 0. The lowest BCUT2D eigenvalue weighted by molar-refractivity contribution is 0.518. The molecule has 0 spiro atoms. The maximum absolute atomic E-state index is 11.2. The second-order valence-corrected chi connectivity index (χ2v) is 3.56. The third-order valence-corrected chi connectivity index (χ3v) is 2.60. The van der Waals surface area contributed by atoms with Crippen LogP contribution in [0.3, 0.4) is 0 Å². The standard InChI is InChI=1S/C10H18N4O/c1-3-7(4-2)5-12-9-8(11)10(15)14-6-13-9/h6-7H,3-5,11H2,1-2H3,(H2,12,13,14,15). The Hall–Kier alpha value is -1.52. The zero-order chi connectivity index (χ0) is 11.3. The fourth-order valence-corrected chi connectivity index (χ4v) is 1.37. The molecule has 84 valence electrons. The van der Waals surface area contributed by atoms with Gasteiger partial charge >= 0.3 is 0 Å². The van der Waals surface area contributed by atoms with Crippen LogP contribution in [-0.4, -0.2) is 16.5 Å². The minimum atomic E-state index is -0.294. The van der Waals surface area contributed by atoms with E-state index in [4.69, 9.17) is 5.73 Å². The number of rotatable bonds is 5. The summed E-state index contributed by atoms with van der Waals surface area (Å²) in [5.74, 6) is 1.07. The van der Waals surface area contributed by atoms with Crippen LogP contribution in [0.25, 0.3) is 0 Å². The first-order chi connectivity index (χ1) is 7.19. The number of nitrogen functional groups attached to an aromatic ring is 1. The highest BCUT2D eigenvalue weighted by Gasteiger charge is 2.07. The lowest BCUT2D eigenvalue weighted by Crippen LogP contribution is -2.19. The largest absolute Gasteiger partial charge is 0.391 e. The van der Waals surface area contributed by atoms with Gasteiger partial charge in [-0.05, 0) is 5.92 Å². The van der Waals surface area contributed by atoms with Crippen LogP contribution >= 0.6 is 0 Å². The number of anilines is 2. The van der Waals surface area contributed by atoms with E-state index in [2.05, 4.69) is 29.1 Å². The van der Waals surface area contributed by atoms with Crippen molar-refractivity contribution >= 4 is 11.5 Å². The van der Waals surface area contributed by atoms with Gasteiger partial charge in [0.1, 0.15) is 5.69 Å². The van der Waals surface area contributed by atoms with Crippen LogP contribution in [0.15, 0.2) is 11.1 Å². The summed E-state index contributed by atoms with van der Waals surface area (Å²) < 4.78 is 0. The number of nitrogens with two attached hydrogens (primary N) is 1. The van der Waals surface area contributed by atoms with Gasteiger partial charge in [-0.1, -0.05) is 26.7 Å². The summed E-state index contributed by atoms with van der Waals surface area (Å²) in [4.78, 5) is 17.6. The van der Waals surface area contributed by atoms with Gasteiger partial charge in [0.15, 0.2) is 5.82 Å². The smallest absolute Gasteiger partial charge is 0.276 e. The van der Waals surface area contributed by atoms with E-state index in [-0.39, 0.29) is 11.2 Å². The van der Waals surface area contributed by atoms with E-state index in [1.54, 1.807) is 0 Å². The van der Waals surface area contributed by atoms with Crippen molar-refractivity contribution in [2.75, 3.05) is 17.6 Å². The van der Waals surface area contributed by atoms with Gasteiger partial charge in [0.05, 0.1) is 6.33 Å². The van der Waals surface area contributed by atoms with Crippen LogP contribution in [0, 0.1) is 5.92 Å². The molecule has 4 N–H and O–H groups in total. The molecule has 0 radical (unpaired) electrons. The molecule has 1 aromatic heterocycles. The average Bonchev–Trinajstić information content (AvgIpc) is 2.25. The molecule has 0 saturated heterocycles. The zero-order valence-electron chi connectivity index (χ0n) is 9.21.